The van der Waals surface area contributed by atoms with Gasteiger partial charge in [-0.1, -0.05) is 40.5 Å². The Morgan fingerprint density at radius 3 is 2.26 bits per heavy atom. The number of ether oxygens (including phenoxy) is 2. The molecule has 0 spiro atoms. The van der Waals surface area contributed by atoms with E-state index in [9.17, 15) is 10.2 Å². The second kappa shape index (κ2) is 10.2. The lowest BCUT2D eigenvalue weighted by Crippen LogP contribution is -2.43. The van der Waals surface area contributed by atoms with Gasteiger partial charge in [-0.25, -0.2) is 0 Å². The minimum Gasteiger partial charge on any atom is -0.417 e. The van der Waals surface area contributed by atoms with Gasteiger partial charge in [-0.2, -0.15) is 0 Å². The molecule has 5 nitrogen and oxygen atoms in total. The van der Waals surface area contributed by atoms with Crippen molar-refractivity contribution in [1.29, 1.82) is 0 Å². The van der Waals surface area contributed by atoms with E-state index in [0.29, 0.717) is 13.0 Å². The maximum absolute atomic E-state index is 10.6. The Morgan fingerprint density at radius 2 is 1.70 bits per heavy atom. The van der Waals surface area contributed by atoms with Crippen LogP contribution >= 0.6 is 0 Å². The first-order chi connectivity index (χ1) is 12.3. The van der Waals surface area contributed by atoms with E-state index in [4.69, 9.17) is 13.9 Å². The van der Waals surface area contributed by atoms with Crippen LogP contribution in [0.4, 0.5) is 0 Å². The van der Waals surface area contributed by atoms with Gasteiger partial charge in [0.1, 0.15) is 12.2 Å². The predicted octanol–water partition coefficient (Wildman–Crippen LogP) is 4.61. The maximum atomic E-state index is 10.6. The number of hydrogen-bond acceptors (Lipinski definition) is 5. The van der Waals surface area contributed by atoms with Crippen LogP contribution in [0.2, 0.25) is 18.1 Å². The van der Waals surface area contributed by atoms with Crippen LogP contribution in [0.3, 0.4) is 0 Å². The second-order valence-electron chi connectivity index (χ2n) is 9.94. The van der Waals surface area contributed by atoms with Gasteiger partial charge in [0.05, 0.1) is 12.2 Å². The summed E-state index contributed by atoms with van der Waals surface area (Å²) in [6, 6.07) is 0. The van der Waals surface area contributed by atoms with Crippen LogP contribution in [0.15, 0.2) is 0 Å². The molecule has 2 N–H and O–H groups in total. The summed E-state index contributed by atoms with van der Waals surface area (Å²) in [5.74, 6) is -0.708. The number of unbranched alkanes of at least 4 members (excludes halogenated alkanes) is 2. The Bertz CT molecular complexity index is 433. The molecule has 1 saturated heterocycles. The minimum atomic E-state index is -1.71. The van der Waals surface area contributed by atoms with Gasteiger partial charge in [0.15, 0.2) is 14.1 Å². The van der Waals surface area contributed by atoms with Gasteiger partial charge in [0, 0.05) is 6.61 Å². The van der Waals surface area contributed by atoms with Crippen LogP contribution < -0.4 is 0 Å². The molecule has 0 aromatic carbocycles. The molecule has 0 unspecified atom stereocenters. The normalized spacial score (nSPS) is 25.6. The van der Waals surface area contributed by atoms with Crippen molar-refractivity contribution in [2.75, 3.05) is 6.61 Å². The lowest BCUT2D eigenvalue weighted by atomic mass is 9.96. The van der Waals surface area contributed by atoms with Gasteiger partial charge in [-0.15, -0.1) is 0 Å². The van der Waals surface area contributed by atoms with Crippen LogP contribution in [0.25, 0.3) is 0 Å². The highest BCUT2D eigenvalue weighted by atomic mass is 28.4. The summed E-state index contributed by atoms with van der Waals surface area (Å²) in [6.45, 7) is 17.8. The summed E-state index contributed by atoms with van der Waals surface area (Å²) < 4.78 is 18.0. The summed E-state index contributed by atoms with van der Waals surface area (Å²) in [5.41, 5.74) is 0. The van der Waals surface area contributed by atoms with Gasteiger partial charge < -0.3 is 24.1 Å². The number of rotatable bonds is 11. The van der Waals surface area contributed by atoms with E-state index in [0.717, 1.165) is 32.1 Å². The van der Waals surface area contributed by atoms with Crippen LogP contribution in [0.1, 0.15) is 80.1 Å². The van der Waals surface area contributed by atoms with Crippen LogP contribution in [0, 0.1) is 0 Å². The van der Waals surface area contributed by atoms with Gasteiger partial charge in [0.2, 0.25) is 0 Å². The zero-order chi connectivity index (χ0) is 20.9. The number of aliphatic hydroxyl groups is 2. The van der Waals surface area contributed by atoms with Crippen LogP contribution in [-0.2, 0) is 13.9 Å². The van der Waals surface area contributed by atoms with Crippen molar-refractivity contribution in [1.82, 2.24) is 0 Å². The largest absolute Gasteiger partial charge is 0.417 e. The van der Waals surface area contributed by atoms with E-state index in [1.807, 2.05) is 13.8 Å². The molecule has 1 rings (SSSR count). The maximum Gasteiger partial charge on any atom is 0.191 e. The molecule has 6 heteroatoms. The smallest absolute Gasteiger partial charge is 0.191 e. The van der Waals surface area contributed by atoms with Gasteiger partial charge in [-0.3, -0.25) is 0 Å². The monoisotopic (exact) mass is 404 g/mol. The zero-order valence-electron chi connectivity index (χ0n) is 18.9. The first kappa shape index (κ1) is 25.1. The Morgan fingerprint density at radius 1 is 1.07 bits per heavy atom. The lowest BCUT2D eigenvalue weighted by molar-refractivity contribution is -0.163. The summed E-state index contributed by atoms with van der Waals surface area (Å²) in [6.07, 6.45) is 2.84. The van der Waals surface area contributed by atoms with E-state index < -0.39 is 32.4 Å². The molecular formula is C21H44O5Si. The highest BCUT2D eigenvalue weighted by Gasteiger charge is 2.46. The van der Waals surface area contributed by atoms with Gasteiger partial charge in [0.25, 0.3) is 0 Å². The van der Waals surface area contributed by atoms with E-state index in [1.54, 1.807) is 0 Å². The molecule has 0 saturated carbocycles. The summed E-state index contributed by atoms with van der Waals surface area (Å²) in [5, 5.41) is 21.3. The molecule has 0 aliphatic carbocycles. The number of aliphatic hydroxyl groups excluding tert-OH is 2. The highest BCUT2D eigenvalue weighted by Crippen LogP contribution is 2.37. The molecular weight excluding hydrogens is 360 g/mol. The van der Waals surface area contributed by atoms with E-state index >= 15 is 0 Å². The minimum absolute atomic E-state index is 0.161. The second-order valence-corrected chi connectivity index (χ2v) is 14.8. The summed E-state index contributed by atoms with van der Waals surface area (Å²) in [4.78, 5) is 0. The Hall–Kier alpha value is 0.0169. The van der Waals surface area contributed by atoms with Crippen molar-refractivity contribution in [3.8, 4) is 0 Å². The van der Waals surface area contributed by atoms with E-state index in [2.05, 4.69) is 40.8 Å². The Labute approximate surface area is 167 Å². The fourth-order valence-corrected chi connectivity index (χ4v) is 4.26. The third-order valence-corrected chi connectivity index (χ3v) is 10.5. The van der Waals surface area contributed by atoms with Crippen molar-refractivity contribution in [3.05, 3.63) is 0 Å². The molecule has 1 aliphatic rings. The lowest BCUT2D eigenvalue weighted by Gasteiger charge is -2.36. The topological polar surface area (TPSA) is 68.2 Å². The van der Waals surface area contributed by atoms with Gasteiger partial charge in [-0.05, 0) is 57.7 Å². The quantitative estimate of drug-likeness (QED) is 0.389. The van der Waals surface area contributed by atoms with Crippen molar-refractivity contribution in [2.45, 2.75) is 128 Å². The number of hydrogen-bond donors (Lipinski definition) is 2. The van der Waals surface area contributed by atoms with E-state index in [1.165, 1.54) is 0 Å². The molecule has 1 aliphatic heterocycles. The van der Waals surface area contributed by atoms with Crippen molar-refractivity contribution >= 4 is 8.32 Å². The first-order valence-electron chi connectivity index (χ1n) is 10.7. The highest BCUT2D eigenvalue weighted by molar-refractivity contribution is 6.74. The Balaban J connectivity index is 2.42. The van der Waals surface area contributed by atoms with Crippen molar-refractivity contribution < 1.29 is 24.1 Å². The predicted molar refractivity (Wildman–Crippen MR) is 112 cm³/mol. The SMILES string of the molecule is CCCC[C@@H]1OC(C)(C)O[C@H]1[C@@H](O)[C@@H](O)CCCCO[Si](C)(C)C(C)(C)C. The average Bonchev–Trinajstić information content (AvgIpc) is 2.85. The molecule has 162 valence electrons. The average molecular weight is 405 g/mol. The standard InChI is InChI=1S/C21H44O5Si/c1-9-10-14-17-19(26-21(5,6)25-17)18(23)16(22)13-11-12-15-24-27(7,8)20(2,3)4/h16-19,22-23H,9-15H2,1-8H3/t16-,17-,18-,19+/m0/s1. The third-order valence-electron chi connectivity index (χ3n) is 5.96. The summed E-state index contributed by atoms with van der Waals surface area (Å²) >= 11 is 0. The van der Waals surface area contributed by atoms with Crippen molar-refractivity contribution in [2.24, 2.45) is 0 Å². The van der Waals surface area contributed by atoms with Gasteiger partial charge >= 0.3 is 0 Å². The fourth-order valence-electron chi connectivity index (χ4n) is 3.17. The molecule has 1 fully saturated rings. The van der Waals surface area contributed by atoms with E-state index in [-0.39, 0.29) is 11.1 Å². The fraction of sp³-hybridized carbons (Fsp3) is 1.00. The molecule has 4 atom stereocenters. The summed E-state index contributed by atoms with van der Waals surface area (Å²) in [7, 11) is -1.71. The van der Waals surface area contributed by atoms with Crippen LogP contribution in [-0.4, -0.2) is 55.3 Å². The molecule has 1 heterocycles. The molecule has 0 aromatic rings. The molecule has 0 radical (unpaired) electrons. The van der Waals surface area contributed by atoms with Crippen LogP contribution in [0.5, 0.6) is 0 Å². The van der Waals surface area contributed by atoms with Crippen molar-refractivity contribution in [3.63, 3.8) is 0 Å². The first-order valence-corrected chi connectivity index (χ1v) is 13.6. The molecule has 0 aromatic heterocycles. The molecule has 27 heavy (non-hydrogen) atoms. The third kappa shape index (κ3) is 7.75. The Kier molecular flexibility index (Phi) is 9.44. The zero-order valence-corrected chi connectivity index (χ0v) is 19.9. The molecule has 0 amide bonds. The molecule has 0 bridgehead atoms.